The molecule has 0 aromatic rings. The molecule has 1 amide bonds. The van der Waals surface area contributed by atoms with Crippen molar-refractivity contribution < 1.29 is 9.28 Å². The molecule has 0 aliphatic carbocycles. The molecular formula is C15H31N2O+. The van der Waals surface area contributed by atoms with Gasteiger partial charge in [0.1, 0.15) is 0 Å². The minimum Gasteiger partial charge on any atom is -0.304 e. The molecule has 0 aliphatic heterocycles. The number of amides is 1. The van der Waals surface area contributed by atoms with Gasteiger partial charge in [-0.05, 0) is 25.3 Å². The Morgan fingerprint density at radius 2 is 1.56 bits per heavy atom. The zero-order valence-electron chi connectivity index (χ0n) is 12.7. The molecule has 0 rings (SSSR count). The van der Waals surface area contributed by atoms with Gasteiger partial charge in [-0.15, -0.1) is 0 Å². The summed E-state index contributed by atoms with van der Waals surface area (Å²) in [5, 5.41) is 3.13. The predicted octanol–water partition coefficient (Wildman–Crippen LogP) is 3.07. The molecule has 0 saturated heterocycles. The second-order valence-corrected chi connectivity index (χ2v) is 5.03. The van der Waals surface area contributed by atoms with Crippen LogP contribution >= 0.6 is 0 Å². The summed E-state index contributed by atoms with van der Waals surface area (Å²) in [5.74, 6) is -0.0485. The Bertz CT molecular complexity index is 234. The van der Waals surface area contributed by atoms with Gasteiger partial charge < -0.3 is 9.80 Å². The number of carbonyl (C=O) groups excluding carboxylic acids is 1. The van der Waals surface area contributed by atoms with Gasteiger partial charge in [0, 0.05) is 6.42 Å². The highest BCUT2D eigenvalue weighted by atomic mass is 16.1. The Morgan fingerprint density at radius 1 is 1.11 bits per heavy atom. The maximum Gasteiger partial charge on any atom is 0.247 e. The molecule has 1 unspecified atom stereocenters. The number of hydrogen-bond acceptors (Lipinski definition) is 1. The van der Waals surface area contributed by atoms with Crippen LogP contribution in [0.15, 0.2) is 12.7 Å². The lowest BCUT2D eigenvalue weighted by molar-refractivity contribution is -0.953. The molecule has 0 fully saturated rings. The van der Waals surface area contributed by atoms with Gasteiger partial charge in [-0.25, -0.2) is 0 Å². The topological polar surface area (TPSA) is 29.1 Å². The van der Waals surface area contributed by atoms with Crippen LogP contribution in [-0.2, 0) is 4.79 Å². The monoisotopic (exact) mass is 255 g/mol. The average molecular weight is 255 g/mol. The fraction of sp³-hybridized carbons (Fsp3) is 0.800. The summed E-state index contributed by atoms with van der Waals surface area (Å²) >= 11 is 0. The van der Waals surface area contributed by atoms with Gasteiger partial charge in [-0.3, -0.25) is 4.79 Å². The van der Waals surface area contributed by atoms with E-state index in [-0.39, 0.29) is 12.1 Å². The smallest absolute Gasteiger partial charge is 0.247 e. The van der Waals surface area contributed by atoms with Crippen LogP contribution in [-0.4, -0.2) is 36.2 Å². The number of carbonyl (C=O) groups is 1. The summed E-state index contributed by atoms with van der Waals surface area (Å²) in [4.78, 5) is 11.6. The molecule has 0 spiro atoms. The van der Waals surface area contributed by atoms with Gasteiger partial charge in [-0.1, -0.05) is 34.3 Å². The van der Waals surface area contributed by atoms with Crippen molar-refractivity contribution in [1.82, 2.24) is 5.32 Å². The number of nitrogens with one attached hydrogen (secondary N) is 1. The Kier molecular flexibility index (Phi) is 8.73. The average Bonchev–Trinajstić information content (AvgIpc) is 2.36. The first-order valence-electron chi connectivity index (χ1n) is 7.38. The third-order valence-corrected chi connectivity index (χ3v) is 3.55. The maximum absolute atomic E-state index is 11.6. The van der Waals surface area contributed by atoms with Gasteiger partial charge in [0.15, 0.2) is 6.17 Å². The number of nitrogens with zero attached hydrogens (tertiary/aromatic N) is 1. The highest BCUT2D eigenvalue weighted by molar-refractivity contribution is 5.86. The van der Waals surface area contributed by atoms with E-state index in [0.29, 0.717) is 0 Å². The normalized spacial score (nSPS) is 13.1. The first kappa shape index (κ1) is 17.2. The van der Waals surface area contributed by atoms with Crippen molar-refractivity contribution in [3.63, 3.8) is 0 Å². The largest absolute Gasteiger partial charge is 0.304 e. The minimum absolute atomic E-state index is 0.0485. The van der Waals surface area contributed by atoms with E-state index < -0.39 is 0 Å². The number of quaternary nitrogens is 1. The lowest BCUT2D eigenvalue weighted by Gasteiger charge is -2.44. The van der Waals surface area contributed by atoms with Crippen molar-refractivity contribution in [3.8, 4) is 0 Å². The molecule has 0 radical (unpaired) electrons. The zero-order valence-corrected chi connectivity index (χ0v) is 12.7. The third-order valence-electron chi connectivity index (χ3n) is 3.55. The molecule has 3 nitrogen and oxygen atoms in total. The first-order valence-corrected chi connectivity index (χ1v) is 7.38. The molecule has 0 aromatic carbocycles. The molecule has 0 saturated carbocycles. The number of rotatable bonds is 10. The number of hydrogen-bond donors (Lipinski definition) is 1. The van der Waals surface area contributed by atoms with E-state index in [1.165, 1.54) is 6.08 Å². The molecule has 3 heteroatoms. The van der Waals surface area contributed by atoms with E-state index in [4.69, 9.17) is 0 Å². The molecule has 0 aromatic heterocycles. The fourth-order valence-electron chi connectivity index (χ4n) is 2.99. The highest BCUT2D eigenvalue weighted by Gasteiger charge is 2.34. The molecule has 1 N–H and O–H groups in total. The molecule has 18 heavy (non-hydrogen) atoms. The second kappa shape index (κ2) is 9.15. The van der Waals surface area contributed by atoms with Gasteiger partial charge in [0.25, 0.3) is 0 Å². The predicted molar refractivity (Wildman–Crippen MR) is 78.2 cm³/mol. The summed E-state index contributed by atoms with van der Waals surface area (Å²) in [6.45, 7) is 15.8. The van der Waals surface area contributed by atoms with E-state index in [1.807, 2.05) is 0 Å². The Labute approximate surface area is 113 Å². The van der Waals surface area contributed by atoms with Crippen molar-refractivity contribution in [3.05, 3.63) is 12.7 Å². The van der Waals surface area contributed by atoms with Crippen LogP contribution in [0.5, 0.6) is 0 Å². The summed E-state index contributed by atoms with van der Waals surface area (Å²) in [7, 11) is 0. The summed E-state index contributed by atoms with van der Waals surface area (Å²) in [5.41, 5.74) is 0. The Balaban J connectivity index is 5.04. The van der Waals surface area contributed by atoms with Crippen LogP contribution in [0.25, 0.3) is 0 Å². The fourth-order valence-corrected chi connectivity index (χ4v) is 2.99. The molecule has 1 atom stereocenters. The second-order valence-electron chi connectivity index (χ2n) is 5.03. The van der Waals surface area contributed by atoms with Crippen LogP contribution < -0.4 is 5.32 Å². The molecule has 106 valence electrons. The SMILES string of the molecule is C=CC(=O)NC(CC)[N+](CCC)(CCC)CCC. The lowest BCUT2D eigenvalue weighted by atomic mass is 10.1. The van der Waals surface area contributed by atoms with E-state index in [2.05, 4.69) is 39.6 Å². The van der Waals surface area contributed by atoms with Crippen LogP contribution in [0.4, 0.5) is 0 Å². The van der Waals surface area contributed by atoms with Crippen molar-refractivity contribution in [2.45, 2.75) is 59.5 Å². The first-order chi connectivity index (χ1) is 8.60. The summed E-state index contributed by atoms with van der Waals surface area (Å²) < 4.78 is 1.01. The standard InChI is InChI=1S/C15H30N2O/c1-6-11-17(12-7-2,13-8-3)14(9-4)16-15(18)10-5/h10,14H,5-9,11-13H2,1-4H3/p+1. The molecular weight excluding hydrogens is 224 g/mol. The van der Waals surface area contributed by atoms with Crippen LogP contribution in [0, 0.1) is 0 Å². The Morgan fingerprint density at radius 3 is 1.83 bits per heavy atom. The molecule has 0 aliphatic rings. The third kappa shape index (κ3) is 4.81. The van der Waals surface area contributed by atoms with Crippen molar-refractivity contribution in [2.75, 3.05) is 19.6 Å². The van der Waals surface area contributed by atoms with Crippen LogP contribution in [0.1, 0.15) is 53.4 Å². The molecule has 0 heterocycles. The van der Waals surface area contributed by atoms with E-state index in [9.17, 15) is 4.79 Å². The quantitative estimate of drug-likeness (QED) is 0.363. The van der Waals surface area contributed by atoms with Gasteiger partial charge >= 0.3 is 0 Å². The Hall–Kier alpha value is -0.830. The van der Waals surface area contributed by atoms with E-state index in [0.717, 1.165) is 49.8 Å². The van der Waals surface area contributed by atoms with Crippen LogP contribution in [0.3, 0.4) is 0 Å². The van der Waals surface area contributed by atoms with Gasteiger partial charge in [0.2, 0.25) is 5.91 Å². The summed E-state index contributed by atoms with van der Waals surface area (Å²) in [6.07, 6.45) is 6.03. The van der Waals surface area contributed by atoms with E-state index >= 15 is 0 Å². The molecule has 0 bridgehead atoms. The van der Waals surface area contributed by atoms with E-state index in [1.54, 1.807) is 0 Å². The summed E-state index contributed by atoms with van der Waals surface area (Å²) in [6, 6.07) is 0. The lowest BCUT2D eigenvalue weighted by Crippen LogP contribution is -2.62. The van der Waals surface area contributed by atoms with Gasteiger partial charge in [0.05, 0.1) is 19.6 Å². The maximum atomic E-state index is 11.6. The minimum atomic E-state index is -0.0485. The van der Waals surface area contributed by atoms with Crippen molar-refractivity contribution >= 4 is 5.91 Å². The zero-order chi connectivity index (χ0) is 14.0. The van der Waals surface area contributed by atoms with Crippen molar-refractivity contribution in [1.29, 1.82) is 0 Å². The highest BCUT2D eigenvalue weighted by Crippen LogP contribution is 2.18. The van der Waals surface area contributed by atoms with Crippen molar-refractivity contribution in [2.24, 2.45) is 0 Å². The van der Waals surface area contributed by atoms with Crippen LogP contribution in [0.2, 0.25) is 0 Å². The van der Waals surface area contributed by atoms with Gasteiger partial charge in [-0.2, -0.15) is 0 Å².